The first-order valence-corrected chi connectivity index (χ1v) is 6.42. The number of rotatable bonds is 7. The van der Waals surface area contributed by atoms with Crippen LogP contribution in [0.2, 0.25) is 0 Å². The molecule has 5 nitrogen and oxygen atoms in total. The van der Waals surface area contributed by atoms with E-state index in [2.05, 4.69) is 20.6 Å². The van der Waals surface area contributed by atoms with Crippen molar-refractivity contribution >= 4 is 11.6 Å². The third kappa shape index (κ3) is 4.86. The van der Waals surface area contributed by atoms with Crippen LogP contribution in [0.3, 0.4) is 0 Å². The molecule has 0 spiro atoms. The summed E-state index contributed by atoms with van der Waals surface area (Å²) in [6, 6.07) is 1.85. The van der Waals surface area contributed by atoms with E-state index < -0.39 is 11.7 Å². The molecule has 1 aromatic rings. The largest absolute Gasteiger partial charge is 0.416 e. The van der Waals surface area contributed by atoms with Crippen molar-refractivity contribution in [1.82, 2.24) is 9.88 Å². The van der Waals surface area contributed by atoms with Crippen LogP contribution in [0.15, 0.2) is 12.1 Å². The van der Waals surface area contributed by atoms with Gasteiger partial charge in [-0.2, -0.15) is 13.2 Å². The summed E-state index contributed by atoms with van der Waals surface area (Å²) in [7, 11) is 0. The standard InChI is InChI=1S/C12H20F3N5/c1-3-20(4-2)6-5-17-10-7-9(12(13,14)15)8-11(18-10)19-16/h7-8H,3-6,16H2,1-2H3,(H2,17,18,19). The highest BCUT2D eigenvalue weighted by molar-refractivity contribution is 5.49. The molecule has 4 N–H and O–H groups in total. The van der Waals surface area contributed by atoms with Gasteiger partial charge in [0.05, 0.1) is 5.56 Å². The molecule has 1 heterocycles. The van der Waals surface area contributed by atoms with Gasteiger partial charge in [-0.3, -0.25) is 0 Å². The van der Waals surface area contributed by atoms with E-state index >= 15 is 0 Å². The highest BCUT2D eigenvalue weighted by Gasteiger charge is 2.31. The predicted octanol–water partition coefficient (Wildman–Crippen LogP) is 2.14. The highest BCUT2D eigenvalue weighted by Crippen LogP contribution is 2.31. The summed E-state index contributed by atoms with van der Waals surface area (Å²) in [6.45, 7) is 7.09. The SMILES string of the molecule is CCN(CC)CCNc1cc(C(F)(F)F)cc(NN)n1. The normalized spacial score (nSPS) is 11.8. The van der Waals surface area contributed by atoms with Gasteiger partial charge >= 0.3 is 6.18 Å². The second-order valence-electron chi connectivity index (χ2n) is 4.22. The average molecular weight is 291 g/mol. The third-order valence-electron chi connectivity index (χ3n) is 2.93. The molecule has 0 unspecified atom stereocenters. The second-order valence-corrected chi connectivity index (χ2v) is 4.22. The Hall–Kier alpha value is -1.54. The number of nitrogen functional groups attached to an aromatic ring is 1. The van der Waals surface area contributed by atoms with Crippen LogP contribution >= 0.6 is 0 Å². The Kier molecular flexibility index (Phi) is 6.03. The summed E-state index contributed by atoms with van der Waals surface area (Å²) in [5.41, 5.74) is 1.35. The van der Waals surface area contributed by atoms with Gasteiger partial charge < -0.3 is 15.6 Å². The number of pyridine rings is 1. The zero-order valence-corrected chi connectivity index (χ0v) is 11.6. The maximum atomic E-state index is 12.7. The van der Waals surface area contributed by atoms with Crippen molar-refractivity contribution in [3.63, 3.8) is 0 Å². The molecule has 1 rings (SSSR count). The van der Waals surface area contributed by atoms with Crippen LogP contribution in [0.4, 0.5) is 24.8 Å². The van der Waals surface area contributed by atoms with Gasteiger partial charge in [0.2, 0.25) is 0 Å². The first-order valence-electron chi connectivity index (χ1n) is 6.42. The number of anilines is 2. The predicted molar refractivity (Wildman–Crippen MR) is 73.3 cm³/mol. The molecule has 0 saturated carbocycles. The molecule has 0 aliphatic rings. The van der Waals surface area contributed by atoms with E-state index in [4.69, 9.17) is 5.84 Å². The zero-order chi connectivity index (χ0) is 15.2. The molecule has 1 aromatic heterocycles. The monoisotopic (exact) mass is 291 g/mol. The van der Waals surface area contributed by atoms with Crippen molar-refractivity contribution in [3.8, 4) is 0 Å². The van der Waals surface area contributed by atoms with E-state index in [1.165, 1.54) is 0 Å². The number of likely N-dealkylation sites (N-methyl/N-ethyl adjacent to an activating group) is 1. The van der Waals surface area contributed by atoms with E-state index in [-0.39, 0.29) is 11.6 Å². The van der Waals surface area contributed by atoms with Crippen LogP contribution in [-0.4, -0.2) is 36.1 Å². The minimum Gasteiger partial charge on any atom is -0.369 e. The molecule has 114 valence electrons. The van der Waals surface area contributed by atoms with Crippen molar-refractivity contribution in [2.45, 2.75) is 20.0 Å². The number of hydrogen-bond donors (Lipinski definition) is 3. The Morgan fingerprint density at radius 3 is 2.30 bits per heavy atom. The topological polar surface area (TPSA) is 66.2 Å². The minimum atomic E-state index is -4.43. The van der Waals surface area contributed by atoms with Crippen molar-refractivity contribution in [2.75, 3.05) is 36.9 Å². The molecule has 0 aliphatic carbocycles. The fourth-order valence-electron chi connectivity index (χ4n) is 1.74. The summed E-state index contributed by atoms with van der Waals surface area (Å²) in [5, 5.41) is 2.88. The van der Waals surface area contributed by atoms with E-state index in [1.807, 2.05) is 13.8 Å². The fourth-order valence-corrected chi connectivity index (χ4v) is 1.74. The van der Waals surface area contributed by atoms with E-state index in [0.29, 0.717) is 6.54 Å². The van der Waals surface area contributed by atoms with E-state index in [9.17, 15) is 13.2 Å². The smallest absolute Gasteiger partial charge is 0.369 e. The van der Waals surface area contributed by atoms with Crippen LogP contribution in [0.25, 0.3) is 0 Å². The molecule has 0 saturated heterocycles. The number of halogens is 3. The maximum absolute atomic E-state index is 12.7. The lowest BCUT2D eigenvalue weighted by Gasteiger charge is -2.18. The van der Waals surface area contributed by atoms with Crippen LogP contribution < -0.4 is 16.6 Å². The van der Waals surface area contributed by atoms with E-state index in [0.717, 1.165) is 31.8 Å². The molecule has 0 radical (unpaired) electrons. The highest BCUT2D eigenvalue weighted by atomic mass is 19.4. The van der Waals surface area contributed by atoms with Crippen molar-refractivity contribution in [1.29, 1.82) is 0 Å². The van der Waals surface area contributed by atoms with Gasteiger partial charge in [-0.1, -0.05) is 13.8 Å². The summed E-state index contributed by atoms with van der Waals surface area (Å²) < 4.78 is 38.1. The lowest BCUT2D eigenvalue weighted by atomic mass is 10.2. The summed E-state index contributed by atoms with van der Waals surface area (Å²) >= 11 is 0. The van der Waals surface area contributed by atoms with Crippen molar-refractivity contribution in [3.05, 3.63) is 17.7 Å². The Labute approximate surface area is 116 Å². The van der Waals surface area contributed by atoms with Crippen LogP contribution in [0.1, 0.15) is 19.4 Å². The number of nitrogens with two attached hydrogens (primary N) is 1. The van der Waals surface area contributed by atoms with Gasteiger partial charge in [0.15, 0.2) is 0 Å². The Morgan fingerprint density at radius 1 is 1.20 bits per heavy atom. The van der Waals surface area contributed by atoms with Gasteiger partial charge in [0.1, 0.15) is 11.6 Å². The third-order valence-corrected chi connectivity index (χ3v) is 2.93. The van der Waals surface area contributed by atoms with Crippen LogP contribution in [0, 0.1) is 0 Å². The number of nitrogens with zero attached hydrogens (tertiary/aromatic N) is 2. The molecule has 0 atom stereocenters. The summed E-state index contributed by atoms with van der Waals surface area (Å²) in [5.74, 6) is 5.26. The van der Waals surface area contributed by atoms with Gasteiger partial charge in [0, 0.05) is 13.1 Å². The van der Waals surface area contributed by atoms with E-state index in [1.54, 1.807) is 0 Å². The van der Waals surface area contributed by atoms with Gasteiger partial charge in [-0.25, -0.2) is 10.8 Å². The zero-order valence-electron chi connectivity index (χ0n) is 11.6. The number of nitrogens with one attached hydrogen (secondary N) is 2. The Bertz CT molecular complexity index is 418. The Balaban J connectivity index is 2.74. The summed E-state index contributed by atoms with van der Waals surface area (Å²) in [6.07, 6.45) is -4.43. The van der Waals surface area contributed by atoms with Crippen LogP contribution in [0.5, 0.6) is 0 Å². The first-order chi connectivity index (χ1) is 9.40. The maximum Gasteiger partial charge on any atom is 0.416 e. The molecule has 0 bridgehead atoms. The second kappa shape index (κ2) is 7.30. The van der Waals surface area contributed by atoms with Gasteiger partial charge in [-0.15, -0.1) is 0 Å². The van der Waals surface area contributed by atoms with Gasteiger partial charge in [-0.05, 0) is 25.2 Å². The van der Waals surface area contributed by atoms with Crippen molar-refractivity contribution in [2.24, 2.45) is 5.84 Å². The number of hydrazine groups is 1. The molecule has 0 aliphatic heterocycles. The number of hydrogen-bond acceptors (Lipinski definition) is 5. The molecular weight excluding hydrogens is 271 g/mol. The Morgan fingerprint density at radius 2 is 1.80 bits per heavy atom. The quantitative estimate of drug-likeness (QED) is 0.530. The fraction of sp³-hybridized carbons (Fsp3) is 0.583. The minimum absolute atomic E-state index is 0.0230. The first kappa shape index (κ1) is 16.5. The molecule has 0 aromatic carbocycles. The lowest BCUT2D eigenvalue weighted by molar-refractivity contribution is -0.137. The molecular formula is C12H20F3N5. The van der Waals surface area contributed by atoms with Gasteiger partial charge in [0.25, 0.3) is 0 Å². The molecule has 20 heavy (non-hydrogen) atoms. The van der Waals surface area contributed by atoms with Crippen molar-refractivity contribution < 1.29 is 13.2 Å². The molecule has 8 heteroatoms. The number of aromatic nitrogens is 1. The molecule has 0 fully saturated rings. The average Bonchev–Trinajstić information content (AvgIpc) is 2.42. The molecule has 0 amide bonds. The number of alkyl halides is 3. The van der Waals surface area contributed by atoms with Crippen LogP contribution in [-0.2, 0) is 6.18 Å². The lowest BCUT2D eigenvalue weighted by Crippen LogP contribution is -2.28. The summed E-state index contributed by atoms with van der Waals surface area (Å²) in [4.78, 5) is 6.10.